The third-order valence-corrected chi connectivity index (χ3v) is 4.93. The fraction of sp³-hybridized carbons (Fsp3) is 0.368. The summed E-state index contributed by atoms with van der Waals surface area (Å²) >= 11 is 11.9. The Morgan fingerprint density at radius 2 is 1.62 bits per heavy atom. The van der Waals surface area contributed by atoms with Crippen molar-refractivity contribution in [2.45, 2.75) is 13.0 Å². The molecule has 2 aromatic carbocycles. The zero-order chi connectivity index (χ0) is 16.8. The van der Waals surface area contributed by atoms with E-state index in [0.29, 0.717) is 16.7 Å². The van der Waals surface area contributed by atoms with E-state index in [4.69, 9.17) is 27.9 Å². The highest BCUT2D eigenvalue weighted by molar-refractivity contribution is 6.42. The van der Waals surface area contributed by atoms with Crippen LogP contribution in [0.15, 0.2) is 42.5 Å². The van der Waals surface area contributed by atoms with Crippen LogP contribution in [0.25, 0.3) is 0 Å². The van der Waals surface area contributed by atoms with Crippen molar-refractivity contribution in [3.05, 3.63) is 63.6 Å². The molecule has 0 saturated carbocycles. The van der Waals surface area contributed by atoms with Gasteiger partial charge in [-0.3, -0.25) is 4.90 Å². The molecular formula is C19H22Cl2N2O. The van der Waals surface area contributed by atoms with Crippen LogP contribution < -0.4 is 10.1 Å². The minimum Gasteiger partial charge on any atom is -0.493 e. The van der Waals surface area contributed by atoms with E-state index < -0.39 is 0 Å². The third kappa shape index (κ3) is 5.12. The number of piperazine rings is 1. The van der Waals surface area contributed by atoms with Gasteiger partial charge >= 0.3 is 0 Å². The fourth-order valence-corrected chi connectivity index (χ4v) is 3.08. The number of benzene rings is 2. The molecular weight excluding hydrogens is 343 g/mol. The number of nitrogens with zero attached hydrogens (tertiary/aromatic N) is 1. The lowest BCUT2D eigenvalue weighted by Gasteiger charge is -2.27. The van der Waals surface area contributed by atoms with Crippen molar-refractivity contribution in [3.63, 3.8) is 0 Å². The van der Waals surface area contributed by atoms with Gasteiger partial charge in [-0.1, -0.05) is 47.5 Å². The Morgan fingerprint density at radius 1 is 0.917 bits per heavy atom. The molecule has 1 fully saturated rings. The van der Waals surface area contributed by atoms with E-state index in [9.17, 15) is 0 Å². The van der Waals surface area contributed by atoms with E-state index in [0.717, 1.165) is 44.9 Å². The van der Waals surface area contributed by atoms with Crippen LogP contribution in [0.4, 0.5) is 0 Å². The van der Waals surface area contributed by atoms with E-state index in [-0.39, 0.29) is 0 Å². The molecule has 1 heterocycles. The molecule has 1 aliphatic heterocycles. The SMILES string of the molecule is Clc1ccc(OCCc2ccc(CN3CCNCC3)cc2)cc1Cl. The lowest BCUT2D eigenvalue weighted by molar-refractivity contribution is 0.233. The average molecular weight is 365 g/mol. The maximum atomic E-state index is 5.99. The Morgan fingerprint density at radius 3 is 2.33 bits per heavy atom. The fourth-order valence-electron chi connectivity index (χ4n) is 2.79. The Balaban J connectivity index is 1.46. The first-order chi connectivity index (χ1) is 11.7. The molecule has 24 heavy (non-hydrogen) atoms. The van der Waals surface area contributed by atoms with Crippen molar-refractivity contribution in [2.24, 2.45) is 0 Å². The normalized spacial score (nSPS) is 15.4. The second kappa shape index (κ2) is 8.72. The molecule has 5 heteroatoms. The Hall–Kier alpha value is -1.26. The maximum Gasteiger partial charge on any atom is 0.120 e. The third-order valence-electron chi connectivity index (χ3n) is 4.19. The molecule has 1 N–H and O–H groups in total. The van der Waals surface area contributed by atoms with Crippen LogP contribution >= 0.6 is 23.2 Å². The van der Waals surface area contributed by atoms with Crippen LogP contribution in [0.5, 0.6) is 5.75 Å². The predicted octanol–water partition coefficient (Wildman–Crippen LogP) is 4.02. The maximum absolute atomic E-state index is 5.99. The van der Waals surface area contributed by atoms with E-state index in [2.05, 4.69) is 34.5 Å². The van der Waals surface area contributed by atoms with Gasteiger partial charge in [-0.2, -0.15) is 0 Å². The first-order valence-electron chi connectivity index (χ1n) is 8.29. The first kappa shape index (κ1) is 17.6. The lowest BCUT2D eigenvalue weighted by atomic mass is 10.1. The summed E-state index contributed by atoms with van der Waals surface area (Å²) in [6.07, 6.45) is 0.869. The smallest absolute Gasteiger partial charge is 0.120 e. The molecule has 0 radical (unpaired) electrons. The molecule has 128 valence electrons. The van der Waals surface area contributed by atoms with Crippen LogP contribution in [0, 0.1) is 0 Å². The van der Waals surface area contributed by atoms with Crippen molar-refractivity contribution in [1.29, 1.82) is 0 Å². The minimum atomic E-state index is 0.520. The summed E-state index contributed by atoms with van der Waals surface area (Å²) in [5.41, 5.74) is 2.64. The van der Waals surface area contributed by atoms with Crippen LogP contribution in [0.3, 0.4) is 0 Å². The van der Waals surface area contributed by atoms with E-state index >= 15 is 0 Å². The van der Waals surface area contributed by atoms with E-state index in [1.165, 1.54) is 11.1 Å². The highest BCUT2D eigenvalue weighted by Gasteiger charge is 2.09. The zero-order valence-electron chi connectivity index (χ0n) is 13.6. The predicted molar refractivity (Wildman–Crippen MR) is 100 cm³/mol. The summed E-state index contributed by atoms with van der Waals surface area (Å²) in [6, 6.07) is 14.2. The van der Waals surface area contributed by atoms with Gasteiger partial charge in [0.15, 0.2) is 0 Å². The number of nitrogens with one attached hydrogen (secondary N) is 1. The summed E-state index contributed by atoms with van der Waals surface area (Å²) in [7, 11) is 0. The van der Waals surface area contributed by atoms with Gasteiger partial charge < -0.3 is 10.1 Å². The number of hydrogen-bond acceptors (Lipinski definition) is 3. The molecule has 3 rings (SSSR count). The van der Waals surface area contributed by atoms with Gasteiger partial charge in [0, 0.05) is 45.2 Å². The molecule has 2 aromatic rings. The molecule has 0 atom stereocenters. The van der Waals surface area contributed by atoms with Crippen LogP contribution in [0.1, 0.15) is 11.1 Å². The standard InChI is InChI=1S/C19H22Cl2N2O/c20-18-6-5-17(13-19(18)21)24-12-7-15-1-3-16(4-2-15)14-23-10-8-22-9-11-23/h1-6,13,22H,7-12,14H2. The Labute approximate surface area is 153 Å². The van der Waals surface area contributed by atoms with Crippen molar-refractivity contribution < 1.29 is 4.74 Å². The molecule has 3 nitrogen and oxygen atoms in total. The topological polar surface area (TPSA) is 24.5 Å². The largest absolute Gasteiger partial charge is 0.493 e. The van der Waals surface area contributed by atoms with Gasteiger partial charge in [-0.15, -0.1) is 0 Å². The minimum absolute atomic E-state index is 0.520. The molecule has 0 aliphatic carbocycles. The summed E-state index contributed by atoms with van der Waals surface area (Å²) in [5.74, 6) is 0.750. The summed E-state index contributed by atoms with van der Waals surface area (Å²) < 4.78 is 5.74. The Bertz CT molecular complexity index is 655. The number of ether oxygens (including phenoxy) is 1. The molecule has 1 aliphatic rings. The van der Waals surface area contributed by atoms with Gasteiger partial charge in [0.1, 0.15) is 5.75 Å². The van der Waals surface area contributed by atoms with Gasteiger partial charge in [-0.25, -0.2) is 0 Å². The molecule has 1 saturated heterocycles. The lowest BCUT2D eigenvalue weighted by Crippen LogP contribution is -2.42. The first-order valence-corrected chi connectivity index (χ1v) is 9.05. The van der Waals surface area contributed by atoms with Crippen molar-refractivity contribution in [1.82, 2.24) is 10.2 Å². The average Bonchev–Trinajstić information content (AvgIpc) is 2.60. The summed E-state index contributed by atoms with van der Waals surface area (Å²) in [5, 5.41) is 4.45. The molecule has 0 aromatic heterocycles. The summed E-state index contributed by atoms with van der Waals surface area (Å²) in [4.78, 5) is 2.49. The number of hydrogen-bond donors (Lipinski definition) is 1. The number of rotatable bonds is 6. The van der Waals surface area contributed by atoms with Crippen LogP contribution in [-0.4, -0.2) is 37.7 Å². The molecule has 0 amide bonds. The van der Waals surface area contributed by atoms with Gasteiger partial charge in [0.25, 0.3) is 0 Å². The van der Waals surface area contributed by atoms with Crippen molar-refractivity contribution in [2.75, 3.05) is 32.8 Å². The van der Waals surface area contributed by atoms with Crippen molar-refractivity contribution in [3.8, 4) is 5.75 Å². The van der Waals surface area contributed by atoms with Gasteiger partial charge in [0.2, 0.25) is 0 Å². The Kier molecular flexibility index (Phi) is 6.38. The second-order valence-corrected chi connectivity index (χ2v) is 6.83. The molecule has 0 bridgehead atoms. The highest BCUT2D eigenvalue weighted by Crippen LogP contribution is 2.26. The number of halogens is 2. The second-order valence-electron chi connectivity index (χ2n) is 6.02. The highest BCUT2D eigenvalue weighted by atomic mass is 35.5. The molecule has 0 spiro atoms. The van der Waals surface area contributed by atoms with Gasteiger partial charge in [0.05, 0.1) is 16.7 Å². The summed E-state index contributed by atoms with van der Waals surface area (Å²) in [6.45, 7) is 6.07. The van der Waals surface area contributed by atoms with Crippen molar-refractivity contribution >= 4 is 23.2 Å². The quantitative estimate of drug-likeness (QED) is 0.837. The zero-order valence-corrected chi connectivity index (χ0v) is 15.1. The van der Waals surface area contributed by atoms with Crippen LogP contribution in [0.2, 0.25) is 10.0 Å². The van der Waals surface area contributed by atoms with E-state index in [1.807, 2.05) is 6.07 Å². The molecule has 0 unspecified atom stereocenters. The van der Waals surface area contributed by atoms with Gasteiger partial charge in [-0.05, 0) is 23.3 Å². The van der Waals surface area contributed by atoms with Crippen LogP contribution in [-0.2, 0) is 13.0 Å². The monoisotopic (exact) mass is 364 g/mol. The van der Waals surface area contributed by atoms with E-state index in [1.54, 1.807) is 12.1 Å².